The molecule has 40 heavy (non-hydrogen) atoms. The number of carbonyl (C=O) groups excluding carboxylic acids is 1. The molecular formula is C30H24ClN5O3S. The molecule has 0 aliphatic carbocycles. The predicted octanol–water partition coefficient (Wildman–Crippen LogP) is 6.63. The maximum Gasteiger partial charge on any atom is 0.250 e. The van der Waals surface area contributed by atoms with Crippen molar-refractivity contribution in [2.75, 3.05) is 12.9 Å². The van der Waals surface area contributed by atoms with Crippen LogP contribution in [0.1, 0.15) is 5.56 Å². The number of hydrazone groups is 1. The molecule has 1 amide bonds. The molecule has 0 saturated carbocycles. The van der Waals surface area contributed by atoms with Crippen LogP contribution in [0.15, 0.2) is 113 Å². The minimum Gasteiger partial charge on any atom is -0.497 e. The molecule has 10 heteroatoms. The quantitative estimate of drug-likeness (QED) is 0.115. The summed E-state index contributed by atoms with van der Waals surface area (Å²) >= 11 is 7.36. The third-order valence-corrected chi connectivity index (χ3v) is 6.82. The van der Waals surface area contributed by atoms with Gasteiger partial charge in [0.15, 0.2) is 11.0 Å². The molecular weight excluding hydrogens is 546 g/mol. The first-order valence-electron chi connectivity index (χ1n) is 12.2. The lowest BCUT2D eigenvalue weighted by molar-refractivity contribution is -0.118. The number of amides is 1. The van der Waals surface area contributed by atoms with E-state index in [9.17, 15) is 4.79 Å². The summed E-state index contributed by atoms with van der Waals surface area (Å²) in [6.07, 6.45) is 1.57. The third kappa shape index (κ3) is 6.88. The summed E-state index contributed by atoms with van der Waals surface area (Å²) in [7, 11) is 1.62. The molecule has 5 aromatic rings. The summed E-state index contributed by atoms with van der Waals surface area (Å²) in [5.74, 6) is 2.58. The molecule has 0 radical (unpaired) electrons. The number of para-hydroxylation sites is 1. The average Bonchev–Trinajstić information content (AvgIpc) is 3.41. The number of thioether (sulfide) groups is 1. The summed E-state index contributed by atoms with van der Waals surface area (Å²) in [6.45, 7) is 0. The van der Waals surface area contributed by atoms with Gasteiger partial charge in [0.1, 0.15) is 17.2 Å². The maximum atomic E-state index is 12.6. The fourth-order valence-electron chi connectivity index (χ4n) is 3.74. The minimum atomic E-state index is -0.283. The molecule has 0 fully saturated rings. The van der Waals surface area contributed by atoms with Crippen molar-refractivity contribution >= 4 is 35.5 Å². The highest BCUT2D eigenvalue weighted by molar-refractivity contribution is 7.99. The van der Waals surface area contributed by atoms with E-state index < -0.39 is 0 Å². The zero-order chi connectivity index (χ0) is 27.7. The lowest BCUT2D eigenvalue weighted by atomic mass is 10.2. The second-order valence-corrected chi connectivity index (χ2v) is 9.79. The number of carbonyl (C=O) groups is 1. The summed E-state index contributed by atoms with van der Waals surface area (Å²) in [5, 5.41) is 14.0. The number of nitrogens with one attached hydrogen (secondary N) is 1. The van der Waals surface area contributed by atoms with Gasteiger partial charge >= 0.3 is 0 Å². The number of halogens is 1. The zero-order valence-electron chi connectivity index (χ0n) is 21.4. The van der Waals surface area contributed by atoms with Crippen molar-refractivity contribution in [2.45, 2.75) is 5.16 Å². The molecule has 5 rings (SSSR count). The number of benzene rings is 4. The molecule has 1 heterocycles. The lowest BCUT2D eigenvalue weighted by Crippen LogP contribution is -2.20. The van der Waals surface area contributed by atoms with E-state index in [1.165, 1.54) is 11.8 Å². The highest BCUT2D eigenvalue weighted by atomic mass is 35.5. The number of methoxy groups -OCH3 is 1. The van der Waals surface area contributed by atoms with Crippen LogP contribution in [0.3, 0.4) is 0 Å². The molecule has 1 N–H and O–H groups in total. The van der Waals surface area contributed by atoms with Crippen molar-refractivity contribution in [3.05, 3.63) is 114 Å². The average molecular weight is 570 g/mol. The summed E-state index contributed by atoms with van der Waals surface area (Å²) < 4.78 is 13.0. The van der Waals surface area contributed by atoms with E-state index in [4.69, 9.17) is 21.1 Å². The number of ether oxygens (including phenoxy) is 2. The van der Waals surface area contributed by atoms with Crippen molar-refractivity contribution in [1.82, 2.24) is 20.2 Å². The molecule has 0 aliphatic heterocycles. The molecule has 0 saturated heterocycles. The normalized spacial score (nSPS) is 10.9. The second kappa shape index (κ2) is 13.0. The molecule has 0 bridgehead atoms. The SMILES string of the molecule is COc1ccc(-c2nnc(SCC(=O)NN=Cc3cccc(Oc4ccccc4)c3)n2-c2ccc(Cl)cc2)cc1. The second-order valence-electron chi connectivity index (χ2n) is 8.42. The number of hydrogen-bond acceptors (Lipinski definition) is 7. The van der Waals surface area contributed by atoms with Gasteiger partial charge < -0.3 is 9.47 Å². The Morgan fingerprint density at radius 3 is 2.42 bits per heavy atom. The van der Waals surface area contributed by atoms with E-state index in [2.05, 4.69) is 20.7 Å². The van der Waals surface area contributed by atoms with Crippen molar-refractivity contribution in [3.8, 4) is 34.3 Å². The monoisotopic (exact) mass is 569 g/mol. The van der Waals surface area contributed by atoms with E-state index in [0.29, 0.717) is 21.8 Å². The lowest BCUT2D eigenvalue weighted by Gasteiger charge is -2.11. The van der Waals surface area contributed by atoms with Gasteiger partial charge in [0.05, 0.1) is 19.1 Å². The highest BCUT2D eigenvalue weighted by Crippen LogP contribution is 2.29. The highest BCUT2D eigenvalue weighted by Gasteiger charge is 2.17. The van der Waals surface area contributed by atoms with Crippen molar-refractivity contribution in [1.29, 1.82) is 0 Å². The largest absolute Gasteiger partial charge is 0.497 e. The van der Waals surface area contributed by atoms with Gasteiger partial charge in [0.25, 0.3) is 5.91 Å². The topological polar surface area (TPSA) is 90.6 Å². The molecule has 4 aromatic carbocycles. The Kier molecular flexibility index (Phi) is 8.75. The molecule has 0 atom stereocenters. The number of aromatic nitrogens is 3. The van der Waals surface area contributed by atoms with Crippen LogP contribution in [-0.2, 0) is 4.79 Å². The number of nitrogens with zero attached hydrogens (tertiary/aromatic N) is 4. The third-order valence-electron chi connectivity index (χ3n) is 5.64. The Morgan fingerprint density at radius 1 is 0.925 bits per heavy atom. The van der Waals surface area contributed by atoms with Gasteiger partial charge in [-0.05, 0) is 78.4 Å². The van der Waals surface area contributed by atoms with Crippen LogP contribution in [0.25, 0.3) is 17.1 Å². The van der Waals surface area contributed by atoms with Gasteiger partial charge in [-0.25, -0.2) is 5.43 Å². The summed E-state index contributed by atoms with van der Waals surface area (Å²) in [5.41, 5.74) is 5.02. The van der Waals surface area contributed by atoms with E-state index in [1.807, 2.05) is 95.6 Å². The first kappa shape index (κ1) is 27.0. The van der Waals surface area contributed by atoms with Gasteiger partial charge in [0, 0.05) is 16.3 Å². The van der Waals surface area contributed by atoms with E-state index in [-0.39, 0.29) is 11.7 Å². The van der Waals surface area contributed by atoms with Gasteiger partial charge in [-0.1, -0.05) is 53.7 Å². The van der Waals surface area contributed by atoms with Crippen LogP contribution in [0, 0.1) is 0 Å². The maximum absolute atomic E-state index is 12.6. The standard InChI is InChI=1S/C30H24ClN5O3S/c1-38-25-16-10-22(11-17-25)29-34-35-30(36(29)24-14-12-23(31)13-15-24)40-20-28(37)33-32-19-21-6-5-9-27(18-21)39-26-7-3-2-4-8-26/h2-19H,20H2,1H3,(H,33,37). The Bertz CT molecular complexity index is 1610. The molecule has 0 unspecified atom stereocenters. The Balaban J connectivity index is 1.25. The van der Waals surface area contributed by atoms with Crippen LogP contribution in [0.4, 0.5) is 0 Å². The first-order chi connectivity index (χ1) is 19.6. The fourth-order valence-corrected chi connectivity index (χ4v) is 4.61. The minimum absolute atomic E-state index is 0.0861. The van der Waals surface area contributed by atoms with Gasteiger partial charge in [-0.15, -0.1) is 10.2 Å². The summed E-state index contributed by atoms with van der Waals surface area (Å²) in [6, 6.07) is 31.8. The smallest absolute Gasteiger partial charge is 0.250 e. The fraction of sp³-hybridized carbons (Fsp3) is 0.0667. The molecule has 0 aliphatic rings. The van der Waals surface area contributed by atoms with Crippen molar-refractivity contribution in [3.63, 3.8) is 0 Å². The van der Waals surface area contributed by atoms with Gasteiger partial charge in [0.2, 0.25) is 0 Å². The van der Waals surface area contributed by atoms with Crippen LogP contribution in [-0.4, -0.2) is 39.7 Å². The van der Waals surface area contributed by atoms with Crippen LogP contribution in [0.2, 0.25) is 5.02 Å². The Morgan fingerprint density at radius 2 is 1.68 bits per heavy atom. The van der Waals surface area contributed by atoms with Crippen molar-refractivity contribution < 1.29 is 14.3 Å². The van der Waals surface area contributed by atoms with Gasteiger partial charge in [-0.3, -0.25) is 9.36 Å². The molecule has 0 spiro atoms. The number of hydrogen-bond donors (Lipinski definition) is 1. The Labute approximate surface area is 240 Å². The van der Waals surface area contributed by atoms with Crippen molar-refractivity contribution in [2.24, 2.45) is 5.10 Å². The predicted molar refractivity (Wildman–Crippen MR) is 158 cm³/mol. The first-order valence-corrected chi connectivity index (χ1v) is 13.6. The van der Waals surface area contributed by atoms with E-state index >= 15 is 0 Å². The van der Waals surface area contributed by atoms with Gasteiger partial charge in [-0.2, -0.15) is 5.10 Å². The molecule has 200 valence electrons. The zero-order valence-corrected chi connectivity index (χ0v) is 23.0. The van der Waals surface area contributed by atoms with Crippen LogP contribution >= 0.6 is 23.4 Å². The van der Waals surface area contributed by atoms with E-state index in [1.54, 1.807) is 25.5 Å². The Hall–Kier alpha value is -4.60. The van der Waals surface area contributed by atoms with Crippen LogP contribution in [0.5, 0.6) is 17.2 Å². The molecule has 8 nitrogen and oxygen atoms in total. The summed E-state index contributed by atoms with van der Waals surface area (Å²) in [4.78, 5) is 12.6. The van der Waals surface area contributed by atoms with Crippen LogP contribution < -0.4 is 14.9 Å². The molecule has 1 aromatic heterocycles. The number of rotatable bonds is 10. The van der Waals surface area contributed by atoms with E-state index in [0.717, 1.165) is 28.3 Å².